The number of benzene rings is 6. The van der Waals surface area contributed by atoms with Crippen LogP contribution in [-0.4, -0.2) is 86.7 Å². The summed E-state index contributed by atoms with van der Waals surface area (Å²) >= 11 is 0. The number of carboxylic acids is 1. The SMILES string of the molecule is CC1CCCO1.CCCC(C)(C)O[C@H](C(=O)O)c1c(C)cc2ccccc2c1-c1ccc2c3c(ccnc13)CCO2.CCCC(C)(C)O[C@H](C(=O)OCC)c1c(C)cc2ccccc2c1-c1ccc2c3c(ccnc13)CCO2.OO.[Li+].[OH-]. The van der Waals surface area contributed by atoms with Crippen molar-refractivity contribution >= 4 is 55.3 Å². The number of aryl methyl sites for hydroxylation is 2. The van der Waals surface area contributed by atoms with Crippen LogP contribution in [0.4, 0.5) is 0 Å². The van der Waals surface area contributed by atoms with E-state index in [0.717, 1.165) is 139 Å². The van der Waals surface area contributed by atoms with Gasteiger partial charge in [0.2, 0.25) is 0 Å². The van der Waals surface area contributed by atoms with E-state index in [-0.39, 0.29) is 36.9 Å². The first-order valence-electron chi connectivity index (χ1n) is 28.2. The molecule has 0 aliphatic carbocycles. The summed E-state index contributed by atoms with van der Waals surface area (Å²) in [5.41, 5.74) is 10.1. The molecule has 4 N–H and O–H groups in total. The fourth-order valence-electron chi connectivity index (χ4n) is 11.8. The molecule has 14 nitrogen and oxygen atoms in total. The van der Waals surface area contributed by atoms with E-state index in [1.807, 2.05) is 102 Å². The number of fused-ring (bicyclic) bond motifs is 2. The maximum absolute atomic E-state index is 13.5. The Morgan fingerprint density at radius 1 is 0.659 bits per heavy atom. The quantitative estimate of drug-likeness (QED) is 0.0378. The van der Waals surface area contributed by atoms with Crippen molar-refractivity contribution in [2.75, 3.05) is 26.4 Å². The van der Waals surface area contributed by atoms with Crippen molar-refractivity contribution in [3.05, 3.63) is 143 Å². The predicted octanol–water partition coefficient (Wildman–Crippen LogP) is 12.5. The Bertz CT molecular complexity index is 3480. The second-order valence-corrected chi connectivity index (χ2v) is 22.1. The second-order valence-electron chi connectivity index (χ2n) is 22.1. The van der Waals surface area contributed by atoms with Crippen LogP contribution in [0.1, 0.15) is 140 Å². The molecule has 82 heavy (non-hydrogen) atoms. The minimum atomic E-state index is -1.11. The third-order valence-corrected chi connectivity index (χ3v) is 15.3. The van der Waals surface area contributed by atoms with E-state index in [9.17, 15) is 14.7 Å². The first-order chi connectivity index (χ1) is 38.5. The van der Waals surface area contributed by atoms with Gasteiger partial charge in [-0.3, -0.25) is 20.5 Å². The van der Waals surface area contributed by atoms with E-state index in [1.165, 1.54) is 24.0 Å². The van der Waals surface area contributed by atoms with Crippen LogP contribution in [0.5, 0.6) is 11.5 Å². The zero-order valence-electron chi connectivity index (χ0n) is 49.6. The normalized spacial score (nSPS) is 15.0. The number of aromatic nitrogens is 2. The van der Waals surface area contributed by atoms with Crippen LogP contribution in [0.3, 0.4) is 0 Å². The summed E-state index contributed by atoms with van der Waals surface area (Å²) in [7, 11) is 0. The number of ether oxygens (including phenoxy) is 6. The number of nitrogens with zero attached hydrogens (tertiary/aromatic N) is 2. The Labute approximate surface area is 493 Å². The van der Waals surface area contributed by atoms with Crippen LogP contribution in [0.2, 0.25) is 0 Å². The summed E-state index contributed by atoms with van der Waals surface area (Å²) in [4.78, 5) is 35.9. The number of rotatable bonds is 15. The molecule has 5 heterocycles. The molecule has 15 heteroatoms. The average molecular weight is 1110 g/mol. The van der Waals surface area contributed by atoms with Gasteiger partial charge in [-0.25, -0.2) is 9.59 Å². The van der Waals surface area contributed by atoms with Gasteiger partial charge in [0.25, 0.3) is 0 Å². The van der Waals surface area contributed by atoms with Crippen molar-refractivity contribution in [2.24, 2.45) is 0 Å². The van der Waals surface area contributed by atoms with Crippen molar-refractivity contribution in [1.82, 2.24) is 9.97 Å². The fourth-order valence-corrected chi connectivity index (χ4v) is 11.8. The number of carboxylic acid groups (broad SMARTS) is 1. The molecule has 11 rings (SSSR count). The Kier molecular flexibility index (Phi) is 22.7. The second kappa shape index (κ2) is 28.7. The van der Waals surface area contributed by atoms with E-state index in [0.29, 0.717) is 24.9 Å². The van der Waals surface area contributed by atoms with Crippen LogP contribution in [-0.2, 0) is 41.4 Å². The van der Waals surface area contributed by atoms with Gasteiger partial charge in [0.05, 0.1) is 48.2 Å². The van der Waals surface area contributed by atoms with E-state index in [1.54, 1.807) is 0 Å². The van der Waals surface area contributed by atoms with Gasteiger partial charge in [0, 0.05) is 64.9 Å². The molecular formula is C67H79LiN2O12. The molecule has 6 aromatic carbocycles. The van der Waals surface area contributed by atoms with Gasteiger partial charge in [0.1, 0.15) is 11.5 Å². The van der Waals surface area contributed by atoms with Crippen LogP contribution in [0.15, 0.2) is 109 Å². The predicted molar refractivity (Wildman–Crippen MR) is 319 cm³/mol. The molecule has 1 saturated heterocycles. The Balaban J connectivity index is 0.000000228. The van der Waals surface area contributed by atoms with Gasteiger partial charge in [-0.1, -0.05) is 87.4 Å². The molecule has 2 aromatic heterocycles. The summed E-state index contributed by atoms with van der Waals surface area (Å²) in [5.74, 6) is 0.318. The summed E-state index contributed by atoms with van der Waals surface area (Å²) in [6, 6.07) is 32.8. The molecule has 0 radical (unpaired) electrons. The number of hydrogen-bond acceptors (Lipinski definition) is 13. The van der Waals surface area contributed by atoms with Crippen molar-refractivity contribution < 1.29 is 78.0 Å². The third-order valence-electron chi connectivity index (χ3n) is 15.3. The van der Waals surface area contributed by atoms with Crippen LogP contribution in [0.25, 0.3) is 65.6 Å². The van der Waals surface area contributed by atoms with Crippen molar-refractivity contribution in [2.45, 2.75) is 150 Å². The Hall–Kier alpha value is -6.44. The average Bonchev–Trinajstić information content (AvgIpc) is 3.95. The van der Waals surface area contributed by atoms with E-state index in [2.05, 4.69) is 76.2 Å². The molecule has 8 aromatic rings. The van der Waals surface area contributed by atoms with Gasteiger partial charge < -0.3 is 39.0 Å². The van der Waals surface area contributed by atoms with Crippen LogP contribution >= 0.6 is 0 Å². The van der Waals surface area contributed by atoms with E-state index < -0.39 is 29.4 Å². The van der Waals surface area contributed by atoms with Crippen LogP contribution in [0, 0.1) is 13.8 Å². The molecule has 430 valence electrons. The van der Waals surface area contributed by atoms with Crippen molar-refractivity contribution in [3.8, 4) is 33.8 Å². The molecule has 0 bridgehead atoms. The summed E-state index contributed by atoms with van der Waals surface area (Å²) in [6.07, 6.45) is 9.91. The van der Waals surface area contributed by atoms with Gasteiger partial charge >= 0.3 is 30.8 Å². The molecule has 3 atom stereocenters. The number of aliphatic carboxylic acids is 1. The smallest absolute Gasteiger partial charge is 0.870 e. The topological polar surface area (TPSA) is 206 Å². The van der Waals surface area contributed by atoms with E-state index in [4.69, 9.17) is 48.9 Å². The minimum Gasteiger partial charge on any atom is -0.870 e. The molecule has 3 aliphatic heterocycles. The molecule has 1 unspecified atom stereocenters. The largest absolute Gasteiger partial charge is 1.00 e. The standard InChI is InChI=1S/C32H35NO4.C30H31NO4.C5H10O.Li.H2O2.H2O/c1-6-16-32(4,5)37-30(31(34)35-7-2)26-20(3)19-22-10-8-9-11-23(22)28(26)24-12-13-25-27-21(15-18-36-25)14-17-33-29(24)27;1-5-14-30(3,4)35-28(29(32)33)24-18(2)17-20-8-6-7-9-21(20)26(24)22-10-11-23-25-19(13-16-34-23)12-15-31-27(22)25;1-5-3-2-4-6-5;;1-2;/h8-14,17,19,30H,6-7,15-16,18H2,1-5H3;6-12,15,17,28H,5,13-14,16H2,1-4H3,(H,32,33);5H,2-4H2,1H3;;1-2H;1H2/q;;;+1;;/p-1/t30-;28-;;;;/m00..../s1. The molecule has 1 fully saturated rings. The number of hydrogen-bond donors (Lipinski definition) is 3. The monoisotopic (exact) mass is 1110 g/mol. The number of carbonyl (C=O) groups is 2. The Morgan fingerprint density at radius 2 is 1.11 bits per heavy atom. The van der Waals surface area contributed by atoms with Gasteiger partial charge in [0.15, 0.2) is 12.2 Å². The fraction of sp³-hybridized carbons (Fsp3) is 0.403. The zero-order chi connectivity index (χ0) is 57.3. The summed E-state index contributed by atoms with van der Waals surface area (Å²) in [6.45, 7) is 22.8. The number of pyridine rings is 2. The van der Waals surface area contributed by atoms with Gasteiger partial charge in [-0.15, -0.1) is 0 Å². The van der Waals surface area contributed by atoms with Gasteiger partial charge in [-0.2, -0.15) is 0 Å². The first kappa shape index (κ1) is 64.7. The number of esters is 1. The molecule has 0 saturated carbocycles. The maximum atomic E-state index is 13.5. The third kappa shape index (κ3) is 14.1. The summed E-state index contributed by atoms with van der Waals surface area (Å²) in [5, 5.41) is 28.7. The maximum Gasteiger partial charge on any atom is 1.00 e. The van der Waals surface area contributed by atoms with Crippen LogP contribution < -0.4 is 28.3 Å². The summed E-state index contributed by atoms with van der Waals surface area (Å²) < 4.78 is 35.7. The first-order valence-corrected chi connectivity index (χ1v) is 28.2. The van der Waals surface area contributed by atoms with Crippen molar-refractivity contribution in [1.29, 1.82) is 0 Å². The zero-order valence-corrected chi connectivity index (χ0v) is 49.6. The molecule has 0 spiro atoms. The van der Waals surface area contributed by atoms with Crippen molar-refractivity contribution in [3.63, 3.8) is 0 Å². The molecular weight excluding hydrogens is 1030 g/mol. The van der Waals surface area contributed by atoms with E-state index >= 15 is 0 Å². The minimum absolute atomic E-state index is 0. The molecule has 3 aliphatic rings. The number of carbonyl (C=O) groups excluding carboxylic acids is 1. The molecule has 0 amide bonds. The van der Waals surface area contributed by atoms with Gasteiger partial charge in [-0.05, 0) is 172 Å². The Morgan fingerprint density at radius 3 is 1.51 bits per heavy atom.